The average molecular weight is 218 g/mol. The van der Waals surface area contributed by atoms with Crippen LogP contribution in [0.25, 0.3) is 11.3 Å². The first-order valence-electron chi connectivity index (χ1n) is 4.87. The summed E-state index contributed by atoms with van der Waals surface area (Å²) in [4.78, 5) is 6.62. The number of hydrogen-bond acceptors (Lipinski definition) is 3. The smallest absolute Gasteiger partial charge is 0.185 e. The second-order valence-corrected chi connectivity index (χ2v) is 4.56. The number of benzene rings is 1. The molecule has 0 aliphatic carbocycles. The van der Waals surface area contributed by atoms with E-state index in [1.807, 2.05) is 19.0 Å². The molecule has 0 aliphatic rings. The van der Waals surface area contributed by atoms with Crippen LogP contribution in [0.5, 0.6) is 0 Å². The molecule has 0 saturated heterocycles. The standard InChI is InChI=1S/C12H14N2S/c1-9-6-4-5-7-10(9)11-8-15-12(13-11)14(2)3/h4-8H,1-3H3. The highest BCUT2D eigenvalue weighted by molar-refractivity contribution is 7.14. The number of rotatable bonds is 2. The van der Waals surface area contributed by atoms with E-state index >= 15 is 0 Å². The van der Waals surface area contributed by atoms with Crippen LogP contribution in [0.3, 0.4) is 0 Å². The highest BCUT2D eigenvalue weighted by Gasteiger charge is 2.07. The normalized spacial score (nSPS) is 10.3. The molecule has 0 fully saturated rings. The van der Waals surface area contributed by atoms with Gasteiger partial charge in [0.1, 0.15) is 0 Å². The summed E-state index contributed by atoms with van der Waals surface area (Å²) in [6, 6.07) is 8.34. The lowest BCUT2D eigenvalue weighted by Crippen LogP contribution is -2.07. The zero-order valence-electron chi connectivity index (χ0n) is 9.19. The van der Waals surface area contributed by atoms with E-state index in [1.165, 1.54) is 11.1 Å². The van der Waals surface area contributed by atoms with Gasteiger partial charge in [-0.1, -0.05) is 24.3 Å². The van der Waals surface area contributed by atoms with Crippen LogP contribution in [-0.4, -0.2) is 19.1 Å². The number of anilines is 1. The molecule has 0 N–H and O–H groups in total. The molecule has 15 heavy (non-hydrogen) atoms. The van der Waals surface area contributed by atoms with Gasteiger partial charge in [0.25, 0.3) is 0 Å². The van der Waals surface area contributed by atoms with Gasteiger partial charge in [0, 0.05) is 25.0 Å². The van der Waals surface area contributed by atoms with Crippen molar-refractivity contribution in [2.75, 3.05) is 19.0 Å². The second-order valence-electron chi connectivity index (χ2n) is 3.72. The van der Waals surface area contributed by atoms with Crippen molar-refractivity contribution in [1.82, 2.24) is 4.98 Å². The van der Waals surface area contributed by atoms with Crippen molar-refractivity contribution in [1.29, 1.82) is 0 Å². The zero-order chi connectivity index (χ0) is 10.8. The Morgan fingerprint density at radius 2 is 1.93 bits per heavy atom. The Labute approximate surface area is 94.2 Å². The predicted octanol–water partition coefficient (Wildman–Crippen LogP) is 3.18. The molecule has 0 radical (unpaired) electrons. The lowest BCUT2D eigenvalue weighted by molar-refractivity contribution is 1.11. The fourth-order valence-corrected chi connectivity index (χ4v) is 2.21. The summed E-state index contributed by atoms with van der Waals surface area (Å²) < 4.78 is 0. The number of aryl methyl sites for hydroxylation is 1. The van der Waals surface area contributed by atoms with Crippen LogP contribution in [0.1, 0.15) is 5.56 Å². The molecule has 0 spiro atoms. The first-order valence-corrected chi connectivity index (χ1v) is 5.75. The molecule has 0 amide bonds. The van der Waals surface area contributed by atoms with Gasteiger partial charge >= 0.3 is 0 Å². The van der Waals surface area contributed by atoms with Gasteiger partial charge in [-0.15, -0.1) is 11.3 Å². The van der Waals surface area contributed by atoms with Crippen LogP contribution < -0.4 is 4.90 Å². The number of nitrogens with zero attached hydrogens (tertiary/aromatic N) is 2. The Hall–Kier alpha value is -1.35. The van der Waals surface area contributed by atoms with Crippen molar-refractivity contribution in [3.05, 3.63) is 35.2 Å². The fourth-order valence-electron chi connectivity index (χ4n) is 1.45. The average Bonchev–Trinajstić information content (AvgIpc) is 2.67. The SMILES string of the molecule is Cc1ccccc1-c1csc(N(C)C)n1. The van der Waals surface area contributed by atoms with Crippen LogP contribution in [0.4, 0.5) is 5.13 Å². The molecule has 0 atom stereocenters. The molecule has 1 heterocycles. The fraction of sp³-hybridized carbons (Fsp3) is 0.250. The van der Waals surface area contributed by atoms with Crippen molar-refractivity contribution in [2.45, 2.75) is 6.92 Å². The van der Waals surface area contributed by atoms with Crippen LogP contribution >= 0.6 is 11.3 Å². The van der Waals surface area contributed by atoms with Gasteiger partial charge in [0.05, 0.1) is 5.69 Å². The first-order chi connectivity index (χ1) is 7.18. The topological polar surface area (TPSA) is 16.1 Å². The van der Waals surface area contributed by atoms with E-state index in [-0.39, 0.29) is 0 Å². The lowest BCUT2D eigenvalue weighted by atomic mass is 10.1. The molecule has 78 valence electrons. The molecule has 1 aromatic heterocycles. The molecule has 0 aliphatic heterocycles. The molecule has 0 saturated carbocycles. The highest BCUT2D eigenvalue weighted by Crippen LogP contribution is 2.28. The Morgan fingerprint density at radius 1 is 1.20 bits per heavy atom. The Bertz CT molecular complexity index is 460. The molecule has 3 heteroatoms. The van der Waals surface area contributed by atoms with E-state index in [0.717, 1.165) is 10.8 Å². The molecular formula is C12H14N2S. The van der Waals surface area contributed by atoms with Gasteiger partial charge in [0.15, 0.2) is 5.13 Å². The van der Waals surface area contributed by atoms with Crippen molar-refractivity contribution in [3.8, 4) is 11.3 Å². The summed E-state index contributed by atoms with van der Waals surface area (Å²) in [6.45, 7) is 2.12. The number of hydrogen-bond donors (Lipinski definition) is 0. The van der Waals surface area contributed by atoms with E-state index in [1.54, 1.807) is 11.3 Å². The van der Waals surface area contributed by atoms with Crippen molar-refractivity contribution >= 4 is 16.5 Å². The van der Waals surface area contributed by atoms with E-state index < -0.39 is 0 Å². The third kappa shape index (κ3) is 2.02. The summed E-state index contributed by atoms with van der Waals surface area (Å²) in [6.07, 6.45) is 0. The lowest BCUT2D eigenvalue weighted by Gasteiger charge is -2.06. The second kappa shape index (κ2) is 4.03. The molecule has 0 bridgehead atoms. The quantitative estimate of drug-likeness (QED) is 0.769. The first kappa shape index (κ1) is 10.2. The highest BCUT2D eigenvalue weighted by atomic mass is 32.1. The van der Waals surface area contributed by atoms with Crippen molar-refractivity contribution in [3.63, 3.8) is 0 Å². The zero-order valence-corrected chi connectivity index (χ0v) is 10.0. The maximum Gasteiger partial charge on any atom is 0.185 e. The summed E-state index contributed by atoms with van der Waals surface area (Å²) in [7, 11) is 4.03. The van der Waals surface area contributed by atoms with Crippen molar-refractivity contribution in [2.24, 2.45) is 0 Å². The minimum Gasteiger partial charge on any atom is -0.354 e. The van der Waals surface area contributed by atoms with Crippen LogP contribution in [-0.2, 0) is 0 Å². The maximum absolute atomic E-state index is 4.59. The van der Waals surface area contributed by atoms with E-state index in [0.29, 0.717) is 0 Å². The van der Waals surface area contributed by atoms with Gasteiger partial charge in [0.2, 0.25) is 0 Å². The molecule has 2 aromatic rings. The third-order valence-corrected chi connectivity index (χ3v) is 3.30. The summed E-state index contributed by atoms with van der Waals surface area (Å²) in [5, 5.41) is 3.16. The van der Waals surface area contributed by atoms with Gasteiger partial charge in [-0.05, 0) is 12.5 Å². The number of thiazole rings is 1. The van der Waals surface area contributed by atoms with E-state index in [4.69, 9.17) is 0 Å². The van der Waals surface area contributed by atoms with Crippen LogP contribution in [0, 0.1) is 6.92 Å². The number of aromatic nitrogens is 1. The minimum absolute atomic E-state index is 1.05. The Balaban J connectivity index is 2.42. The van der Waals surface area contributed by atoms with E-state index in [2.05, 4.69) is 41.6 Å². The maximum atomic E-state index is 4.59. The monoisotopic (exact) mass is 218 g/mol. The Morgan fingerprint density at radius 3 is 2.53 bits per heavy atom. The molecule has 2 nitrogen and oxygen atoms in total. The largest absolute Gasteiger partial charge is 0.354 e. The third-order valence-electron chi connectivity index (χ3n) is 2.30. The van der Waals surface area contributed by atoms with Gasteiger partial charge < -0.3 is 4.90 Å². The van der Waals surface area contributed by atoms with Crippen LogP contribution in [0.2, 0.25) is 0 Å². The van der Waals surface area contributed by atoms with Crippen molar-refractivity contribution < 1.29 is 0 Å². The molecule has 2 rings (SSSR count). The minimum atomic E-state index is 1.05. The molecular weight excluding hydrogens is 204 g/mol. The molecule has 0 unspecified atom stereocenters. The Kier molecular flexibility index (Phi) is 2.73. The van der Waals surface area contributed by atoms with Gasteiger partial charge in [-0.3, -0.25) is 0 Å². The summed E-state index contributed by atoms with van der Waals surface area (Å²) >= 11 is 1.68. The van der Waals surface area contributed by atoms with Gasteiger partial charge in [-0.25, -0.2) is 4.98 Å². The predicted molar refractivity (Wildman–Crippen MR) is 66.6 cm³/mol. The van der Waals surface area contributed by atoms with E-state index in [9.17, 15) is 0 Å². The van der Waals surface area contributed by atoms with Crippen LogP contribution in [0.15, 0.2) is 29.6 Å². The molecule has 1 aromatic carbocycles. The summed E-state index contributed by atoms with van der Waals surface area (Å²) in [5.41, 5.74) is 3.57. The van der Waals surface area contributed by atoms with Gasteiger partial charge in [-0.2, -0.15) is 0 Å². The summed E-state index contributed by atoms with van der Waals surface area (Å²) in [5.74, 6) is 0.